The van der Waals surface area contributed by atoms with Crippen LogP contribution in [0.25, 0.3) is 0 Å². The fourth-order valence-electron chi connectivity index (χ4n) is 2.59. The van der Waals surface area contributed by atoms with Crippen LogP contribution in [0.5, 0.6) is 5.88 Å². The molecule has 0 atom stereocenters. The van der Waals surface area contributed by atoms with Crippen LogP contribution >= 0.6 is 0 Å². The lowest BCUT2D eigenvalue weighted by Crippen LogP contribution is -2.43. The molecule has 1 saturated carbocycles. The SMILES string of the molecule is COc1ncccc1CN(C)C(=O)NC1CCCCC1. The fourth-order valence-corrected chi connectivity index (χ4v) is 2.59. The number of carbonyl (C=O) groups excluding carboxylic acids is 1. The van der Waals surface area contributed by atoms with Crippen molar-refractivity contribution in [3.63, 3.8) is 0 Å². The summed E-state index contributed by atoms with van der Waals surface area (Å²) in [6.07, 6.45) is 7.58. The molecule has 1 aromatic rings. The number of methoxy groups -OCH3 is 1. The van der Waals surface area contributed by atoms with Gasteiger partial charge in [0.05, 0.1) is 13.7 Å². The standard InChI is InChI=1S/C15H23N3O2/c1-18(11-12-7-6-10-16-14(12)20-2)15(19)17-13-8-4-3-5-9-13/h6-7,10,13H,3-5,8-9,11H2,1-2H3,(H,17,19). The van der Waals surface area contributed by atoms with E-state index >= 15 is 0 Å². The van der Waals surface area contributed by atoms with E-state index in [0.717, 1.165) is 18.4 Å². The summed E-state index contributed by atoms with van der Waals surface area (Å²) in [6.45, 7) is 0.496. The monoisotopic (exact) mass is 277 g/mol. The van der Waals surface area contributed by atoms with Gasteiger partial charge in [-0.2, -0.15) is 0 Å². The molecule has 1 aliphatic rings. The van der Waals surface area contributed by atoms with Crippen LogP contribution in [0.3, 0.4) is 0 Å². The van der Waals surface area contributed by atoms with E-state index in [4.69, 9.17) is 4.74 Å². The zero-order chi connectivity index (χ0) is 14.4. The predicted octanol–water partition coefficient (Wildman–Crippen LogP) is 2.56. The van der Waals surface area contributed by atoms with E-state index in [1.54, 1.807) is 25.3 Å². The van der Waals surface area contributed by atoms with E-state index in [9.17, 15) is 4.79 Å². The van der Waals surface area contributed by atoms with E-state index in [0.29, 0.717) is 18.5 Å². The van der Waals surface area contributed by atoms with Crippen molar-refractivity contribution in [2.45, 2.75) is 44.7 Å². The van der Waals surface area contributed by atoms with Crippen LogP contribution in [-0.4, -0.2) is 36.1 Å². The van der Waals surface area contributed by atoms with Crippen LogP contribution in [0.1, 0.15) is 37.7 Å². The highest BCUT2D eigenvalue weighted by Crippen LogP contribution is 2.18. The summed E-state index contributed by atoms with van der Waals surface area (Å²) >= 11 is 0. The highest BCUT2D eigenvalue weighted by atomic mass is 16.5. The van der Waals surface area contributed by atoms with Gasteiger partial charge in [-0.3, -0.25) is 0 Å². The Hall–Kier alpha value is -1.78. The quantitative estimate of drug-likeness (QED) is 0.920. The van der Waals surface area contributed by atoms with Gasteiger partial charge in [0.15, 0.2) is 0 Å². The molecule has 0 bridgehead atoms. The highest BCUT2D eigenvalue weighted by Gasteiger charge is 2.18. The third kappa shape index (κ3) is 3.85. The van der Waals surface area contributed by atoms with Crippen LogP contribution in [-0.2, 0) is 6.54 Å². The number of pyridine rings is 1. The van der Waals surface area contributed by atoms with Crippen LogP contribution in [0, 0.1) is 0 Å². The summed E-state index contributed by atoms with van der Waals surface area (Å²) in [5.41, 5.74) is 0.913. The molecule has 20 heavy (non-hydrogen) atoms. The van der Waals surface area contributed by atoms with Crippen LogP contribution in [0.4, 0.5) is 4.79 Å². The Morgan fingerprint density at radius 2 is 2.20 bits per heavy atom. The van der Waals surface area contributed by atoms with Gasteiger partial charge >= 0.3 is 6.03 Å². The Bertz CT molecular complexity index is 444. The lowest BCUT2D eigenvalue weighted by molar-refractivity contribution is 0.198. The first kappa shape index (κ1) is 14.6. The van der Waals surface area contributed by atoms with Gasteiger partial charge in [-0.15, -0.1) is 0 Å². The molecule has 2 rings (SSSR count). The first-order chi connectivity index (χ1) is 9.70. The summed E-state index contributed by atoms with van der Waals surface area (Å²) in [7, 11) is 3.39. The van der Waals surface area contributed by atoms with E-state index in [-0.39, 0.29) is 6.03 Å². The molecule has 0 aliphatic heterocycles. The number of nitrogens with zero attached hydrogens (tertiary/aromatic N) is 2. The van der Waals surface area contributed by atoms with Crippen molar-refractivity contribution in [3.05, 3.63) is 23.9 Å². The predicted molar refractivity (Wildman–Crippen MR) is 77.7 cm³/mol. The third-order valence-electron chi connectivity index (χ3n) is 3.73. The Morgan fingerprint density at radius 3 is 2.90 bits per heavy atom. The number of aromatic nitrogens is 1. The number of hydrogen-bond donors (Lipinski definition) is 1. The maximum atomic E-state index is 12.2. The number of carbonyl (C=O) groups is 1. The van der Waals surface area contributed by atoms with Crippen molar-refractivity contribution in [2.24, 2.45) is 0 Å². The maximum absolute atomic E-state index is 12.2. The second-order valence-corrected chi connectivity index (χ2v) is 5.31. The fraction of sp³-hybridized carbons (Fsp3) is 0.600. The lowest BCUT2D eigenvalue weighted by atomic mass is 9.96. The van der Waals surface area contributed by atoms with Gasteiger partial charge in [0.1, 0.15) is 0 Å². The number of rotatable bonds is 4. The maximum Gasteiger partial charge on any atom is 0.317 e. The van der Waals surface area contributed by atoms with Crippen molar-refractivity contribution in [1.82, 2.24) is 15.2 Å². The van der Waals surface area contributed by atoms with Crippen LogP contribution in [0.2, 0.25) is 0 Å². The lowest BCUT2D eigenvalue weighted by Gasteiger charge is -2.26. The zero-order valence-electron chi connectivity index (χ0n) is 12.3. The summed E-state index contributed by atoms with van der Waals surface area (Å²) in [5, 5.41) is 3.10. The van der Waals surface area contributed by atoms with E-state index < -0.39 is 0 Å². The minimum atomic E-state index is -0.0252. The highest BCUT2D eigenvalue weighted by molar-refractivity contribution is 5.74. The Kier molecular flexibility index (Phi) is 5.21. The molecule has 5 heteroatoms. The van der Waals surface area contributed by atoms with Crippen molar-refractivity contribution in [3.8, 4) is 5.88 Å². The van der Waals surface area contributed by atoms with Gasteiger partial charge < -0.3 is 15.0 Å². The molecule has 0 saturated heterocycles. The molecule has 1 fully saturated rings. The van der Waals surface area contributed by atoms with Gasteiger partial charge in [-0.1, -0.05) is 25.3 Å². The number of urea groups is 1. The molecule has 110 valence electrons. The number of ether oxygens (including phenoxy) is 1. The minimum absolute atomic E-state index is 0.0252. The number of nitrogens with one attached hydrogen (secondary N) is 1. The second-order valence-electron chi connectivity index (χ2n) is 5.31. The van der Waals surface area contributed by atoms with Gasteiger partial charge in [-0.05, 0) is 18.9 Å². The minimum Gasteiger partial charge on any atom is -0.481 e. The second kappa shape index (κ2) is 7.12. The summed E-state index contributed by atoms with van der Waals surface area (Å²) in [4.78, 5) is 18.0. The van der Waals surface area contributed by atoms with Crippen molar-refractivity contribution < 1.29 is 9.53 Å². The molecule has 1 N–H and O–H groups in total. The summed E-state index contributed by atoms with van der Waals surface area (Å²) < 4.78 is 5.21. The van der Waals surface area contributed by atoms with E-state index in [2.05, 4.69) is 10.3 Å². The van der Waals surface area contributed by atoms with Crippen molar-refractivity contribution >= 4 is 6.03 Å². The molecule has 2 amide bonds. The smallest absolute Gasteiger partial charge is 0.317 e. The molecular weight excluding hydrogens is 254 g/mol. The first-order valence-electron chi connectivity index (χ1n) is 7.20. The molecular formula is C15H23N3O2. The Labute approximate surface area is 120 Å². The van der Waals surface area contributed by atoms with Crippen LogP contribution in [0.15, 0.2) is 18.3 Å². The molecule has 0 aromatic carbocycles. The van der Waals surface area contributed by atoms with E-state index in [1.807, 2.05) is 12.1 Å². The average Bonchev–Trinajstić information content (AvgIpc) is 2.48. The van der Waals surface area contributed by atoms with Gasteiger partial charge in [0, 0.05) is 24.8 Å². The first-order valence-corrected chi connectivity index (χ1v) is 7.20. The van der Waals surface area contributed by atoms with Crippen LogP contribution < -0.4 is 10.1 Å². The number of amides is 2. The molecule has 1 aliphatic carbocycles. The topological polar surface area (TPSA) is 54.5 Å². The average molecular weight is 277 g/mol. The normalized spacial score (nSPS) is 15.7. The largest absolute Gasteiger partial charge is 0.481 e. The molecule has 1 heterocycles. The summed E-state index contributed by atoms with van der Waals surface area (Å²) in [6, 6.07) is 4.08. The summed E-state index contributed by atoms with van der Waals surface area (Å²) in [5.74, 6) is 0.574. The van der Waals surface area contributed by atoms with Crippen molar-refractivity contribution in [2.75, 3.05) is 14.2 Å². The van der Waals surface area contributed by atoms with E-state index in [1.165, 1.54) is 19.3 Å². The van der Waals surface area contributed by atoms with Gasteiger partial charge in [0.25, 0.3) is 0 Å². The van der Waals surface area contributed by atoms with Gasteiger partial charge in [0.2, 0.25) is 5.88 Å². The Morgan fingerprint density at radius 1 is 1.45 bits per heavy atom. The molecule has 0 unspecified atom stereocenters. The van der Waals surface area contributed by atoms with Gasteiger partial charge in [-0.25, -0.2) is 9.78 Å². The molecule has 1 aromatic heterocycles. The molecule has 0 spiro atoms. The Balaban J connectivity index is 1.89. The number of hydrogen-bond acceptors (Lipinski definition) is 3. The van der Waals surface area contributed by atoms with Crippen molar-refractivity contribution in [1.29, 1.82) is 0 Å². The molecule has 0 radical (unpaired) electrons. The zero-order valence-corrected chi connectivity index (χ0v) is 12.3. The third-order valence-corrected chi connectivity index (χ3v) is 3.73. The molecule has 5 nitrogen and oxygen atoms in total.